The molecule has 1 heterocycles. The molecule has 0 bridgehead atoms. The molecule has 0 aliphatic rings. The molecule has 0 amide bonds. The van der Waals surface area contributed by atoms with Gasteiger partial charge in [0.15, 0.2) is 18.1 Å². The van der Waals surface area contributed by atoms with E-state index < -0.39 is 5.97 Å². The molecule has 1 aromatic carbocycles. The average molecular weight is 323 g/mol. The number of terminal acetylenes is 1. The van der Waals surface area contributed by atoms with Gasteiger partial charge in [-0.05, 0) is 29.8 Å². The molecule has 0 unspecified atom stereocenters. The van der Waals surface area contributed by atoms with E-state index in [2.05, 4.69) is 10.9 Å². The largest absolute Gasteiger partial charge is 0.493 e. The van der Waals surface area contributed by atoms with Crippen LogP contribution in [-0.2, 0) is 16.1 Å². The second-order valence-corrected chi connectivity index (χ2v) is 4.71. The van der Waals surface area contributed by atoms with Gasteiger partial charge in [0.25, 0.3) is 0 Å². The maximum atomic E-state index is 11.4. The Morgan fingerprint density at radius 2 is 2.21 bits per heavy atom. The maximum absolute atomic E-state index is 11.4. The number of esters is 1. The molecule has 0 fully saturated rings. The summed E-state index contributed by atoms with van der Waals surface area (Å²) in [5.41, 5.74) is 1.73. The Hall–Kier alpha value is -3.26. The highest BCUT2D eigenvalue weighted by molar-refractivity contribution is 5.87. The molecule has 0 spiro atoms. The molecule has 24 heavy (non-hydrogen) atoms. The van der Waals surface area contributed by atoms with Crippen LogP contribution in [0.3, 0.4) is 0 Å². The molecule has 0 aliphatic heterocycles. The highest BCUT2D eigenvalue weighted by atomic mass is 16.5. The first kappa shape index (κ1) is 17.1. The zero-order valence-corrected chi connectivity index (χ0v) is 13.3. The van der Waals surface area contributed by atoms with E-state index in [4.69, 9.17) is 20.6 Å². The molecule has 5 heteroatoms. The van der Waals surface area contributed by atoms with E-state index in [0.29, 0.717) is 18.1 Å². The fourth-order valence-corrected chi connectivity index (χ4v) is 1.88. The summed E-state index contributed by atoms with van der Waals surface area (Å²) in [6.07, 6.45) is 11.4. The number of pyridine rings is 1. The number of hydrogen-bond acceptors (Lipinski definition) is 5. The molecule has 0 saturated heterocycles. The number of carbonyl (C=O) groups excluding carboxylic acids is 1. The molecule has 0 radical (unpaired) electrons. The summed E-state index contributed by atoms with van der Waals surface area (Å²) >= 11 is 0. The minimum Gasteiger partial charge on any atom is -0.493 e. The monoisotopic (exact) mass is 323 g/mol. The number of methoxy groups -OCH3 is 1. The first-order valence-electron chi connectivity index (χ1n) is 7.21. The summed E-state index contributed by atoms with van der Waals surface area (Å²) in [5, 5.41) is 0. The summed E-state index contributed by atoms with van der Waals surface area (Å²) in [6, 6.07) is 9.14. The Morgan fingerprint density at radius 1 is 1.33 bits per heavy atom. The third-order valence-corrected chi connectivity index (χ3v) is 3.01. The van der Waals surface area contributed by atoms with Gasteiger partial charge in [-0.1, -0.05) is 18.1 Å². The smallest absolute Gasteiger partial charge is 0.331 e. The maximum Gasteiger partial charge on any atom is 0.331 e. The van der Waals surface area contributed by atoms with Crippen LogP contribution < -0.4 is 9.47 Å². The van der Waals surface area contributed by atoms with Crippen molar-refractivity contribution in [2.24, 2.45) is 0 Å². The van der Waals surface area contributed by atoms with Crippen LogP contribution in [0.4, 0.5) is 0 Å². The molecule has 2 rings (SSSR count). The molecule has 2 aromatic rings. The number of hydrogen-bond donors (Lipinski definition) is 0. The van der Waals surface area contributed by atoms with E-state index in [1.165, 1.54) is 6.08 Å². The minimum atomic E-state index is -0.496. The van der Waals surface area contributed by atoms with Crippen LogP contribution in [0.2, 0.25) is 0 Å². The van der Waals surface area contributed by atoms with Crippen molar-refractivity contribution in [1.29, 1.82) is 0 Å². The average Bonchev–Trinajstić information content (AvgIpc) is 2.64. The quantitative estimate of drug-likeness (QED) is 0.445. The summed E-state index contributed by atoms with van der Waals surface area (Å²) in [4.78, 5) is 15.4. The van der Waals surface area contributed by atoms with Crippen LogP contribution in [0.5, 0.6) is 11.5 Å². The predicted octanol–water partition coefficient (Wildman–Crippen LogP) is 2.86. The highest BCUT2D eigenvalue weighted by Gasteiger charge is 2.06. The predicted molar refractivity (Wildman–Crippen MR) is 90.4 cm³/mol. The van der Waals surface area contributed by atoms with E-state index >= 15 is 0 Å². The van der Waals surface area contributed by atoms with Crippen LogP contribution >= 0.6 is 0 Å². The van der Waals surface area contributed by atoms with Gasteiger partial charge in [-0.15, -0.1) is 6.42 Å². The van der Waals surface area contributed by atoms with Gasteiger partial charge in [-0.3, -0.25) is 4.98 Å². The summed E-state index contributed by atoms with van der Waals surface area (Å²) < 4.78 is 15.8. The Kier molecular flexibility index (Phi) is 6.42. The summed E-state index contributed by atoms with van der Waals surface area (Å²) in [6.45, 7) is 0.339. The first-order valence-corrected chi connectivity index (χ1v) is 7.21. The Bertz CT molecular complexity index is 748. The SMILES string of the molecule is C#CCOC(=O)/C=C/c1ccc(OCc2cccnc2)c(OC)c1. The molecule has 0 saturated carbocycles. The van der Waals surface area contributed by atoms with Gasteiger partial charge in [0.05, 0.1) is 7.11 Å². The van der Waals surface area contributed by atoms with Crippen LogP contribution in [0.25, 0.3) is 6.08 Å². The second-order valence-electron chi connectivity index (χ2n) is 4.71. The number of carbonyl (C=O) groups is 1. The zero-order chi connectivity index (χ0) is 17.2. The van der Waals surface area contributed by atoms with Crippen LogP contribution in [0.1, 0.15) is 11.1 Å². The van der Waals surface area contributed by atoms with Crippen LogP contribution in [0.15, 0.2) is 48.8 Å². The van der Waals surface area contributed by atoms with E-state index in [9.17, 15) is 4.79 Å². The number of nitrogens with zero attached hydrogens (tertiary/aromatic N) is 1. The molecule has 0 N–H and O–H groups in total. The Labute approximate surface area is 140 Å². The number of benzene rings is 1. The van der Waals surface area contributed by atoms with Gasteiger partial charge in [-0.25, -0.2) is 4.79 Å². The van der Waals surface area contributed by atoms with Crippen molar-refractivity contribution < 1.29 is 19.0 Å². The van der Waals surface area contributed by atoms with Crippen molar-refractivity contribution in [2.45, 2.75) is 6.61 Å². The zero-order valence-electron chi connectivity index (χ0n) is 13.3. The molecule has 1 aromatic heterocycles. The standard InChI is InChI=1S/C19H17NO4/c1-3-11-23-19(21)9-7-15-6-8-17(18(12-15)22-2)24-14-16-5-4-10-20-13-16/h1,4-10,12-13H,11,14H2,2H3/b9-7+. The molecule has 5 nitrogen and oxygen atoms in total. The van der Waals surface area contributed by atoms with Crippen LogP contribution in [0, 0.1) is 12.3 Å². The molecular formula is C19H17NO4. The molecule has 0 atom stereocenters. The van der Waals surface area contributed by atoms with Gasteiger partial charge < -0.3 is 14.2 Å². The second kappa shape index (κ2) is 9.01. The Morgan fingerprint density at radius 3 is 2.92 bits per heavy atom. The summed E-state index contributed by atoms with van der Waals surface area (Å²) in [7, 11) is 1.56. The van der Waals surface area contributed by atoms with E-state index in [-0.39, 0.29) is 6.61 Å². The number of aromatic nitrogens is 1. The van der Waals surface area contributed by atoms with E-state index in [1.54, 1.807) is 37.7 Å². The van der Waals surface area contributed by atoms with Gasteiger partial charge in [0.1, 0.15) is 6.61 Å². The Balaban J connectivity index is 2.03. The lowest BCUT2D eigenvalue weighted by molar-refractivity contribution is -0.136. The lowest BCUT2D eigenvalue weighted by atomic mass is 10.2. The highest BCUT2D eigenvalue weighted by Crippen LogP contribution is 2.29. The van der Waals surface area contributed by atoms with Gasteiger partial charge in [0, 0.05) is 24.0 Å². The fourth-order valence-electron chi connectivity index (χ4n) is 1.88. The van der Waals surface area contributed by atoms with Crippen molar-refractivity contribution in [3.63, 3.8) is 0 Å². The lowest BCUT2D eigenvalue weighted by Crippen LogP contribution is -2.00. The topological polar surface area (TPSA) is 57.7 Å². The van der Waals surface area contributed by atoms with Gasteiger partial charge in [0.2, 0.25) is 0 Å². The first-order chi connectivity index (χ1) is 11.7. The van der Waals surface area contributed by atoms with Crippen molar-refractivity contribution in [2.75, 3.05) is 13.7 Å². The van der Waals surface area contributed by atoms with E-state index in [0.717, 1.165) is 11.1 Å². The number of ether oxygens (including phenoxy) is 3. The molecule has 122 valence electrons. The molecule has 0 aliphatic carbocycles. The number of rotatable bonds is 7. The van der Waals surface area contributed by atoms with E-state index in [1.807, 2.05) is 18.2 Å². The minimum absolute atomic E-state index is 0.0480. The van der Waals surface area contributed by atoms with Crippen molar-refractivity contribution in [1.82, 2.24) is 4.98 Å². The van der Waals surface area contributed by atoms with Crippen molar-refractivity contribution >= 4 is 12.0 Å². The fraction of sp³-hybridized carbons (Fsp3) is 0.158. The van der Waals surface area contributed by atoms with Gasteiger partial charge >= 0.3 is 5.97 Å². The molecular weight excluding hydrogens is 306 g/mol. The van der Waals surface area contributed by atoms with Crippen molar-refractivity contribution in [3.8, 4) is 23.8 Å². The van der Waals surface area contributed by atoms with Gasteiger partial charge in [-0.2, -0.15) is 0 Å². The third kappa shape index (κ3) is 5.18. The third-order valence-electron chi connectivity index (χ3n) is 3.01. The normalized spacial score (nSPS) is 10.2. The van der Waals surface area contributed by atoms with Crippen LogP contribution in [-0.4, -0.2) is 24.7 Å². The summed E-state index contributed by atoms with van der Waals surface area (Å²) in [5.74, 6) is 2.91. The lowest BCUT2D eigenvalue weighted by Gasteiger charge is -2.11. The van der Waals surface area contributed by atoms with Crippen molar-refractivity contribution in [3.05, 3.63) is 59.9 Å².